The van der Waals surface area contributed by atoms with Crippen LogP contribution in [0.25, 0.3) is 0 Å². The SMILES string of the molecule is FC(F)(F)Oc1cc(CNC2CCOC2)cc(OCc2ccccc2)c1. The normalized spacial score (nSPS) is 17.3. The van der Waals surface area contributed by atoms with Crippen LogP contribution < -0.4 is 14.8 Å². The molecule has 1 N–H and O–H groups in total. The summed E-state index contributed by atoms with van der Waals surface area (Å²) in [6.07, 6.45) is -3.86. The van der Waals surface area contributed by atoms with E-state index in [9.17, 15) is 13.2 Å². The molecule has 1 unspecified atom stereocenters. The molecule has 140 valence electrons. The van der Waals surface area contributed by atoms with Gasteiger partial charge in [0.25, 0.3) is 0 Å². The van der Waals surface area contributed by atoms with Crippen LogP contribution in [0.3, 0.4) is 0 Å². The lowest BCUT2D eigenvalue weighted by molar-refractivity contribution is -0.274. The van der Waals surface area contributed by atoms with Crippen LogP contribution in [0.5, 0.6) is 11.5 Å². The molecule has 1 aliphatic heterocycles. The molecule has 1 atom stereocenters. The lowest BCUT2D eigenvalue weighted by Gasteiger charge is -2.15. The molecule has 0 spiro atoms. The van der Waals surface area contributed by atoms with Gasteiger partial charge in [0.15, 0.2) is 0 Å². The van der Waals surface area contributed by atoms with Crippen LogP contribution in [0.2, 0.25) is 0 Å². The molecule has 4 nitrogen and oxygen atoms in total. The standard InChI is InChI=1S/C19H20F3NO3/c20-19(21,22)26-18-9-15(11-23-16-6-7-24-13-16)8-17(10-18)25-12-14-4-2-1-3-5-14/h1-5,8-10,16,23H,6-7,11-13H2. The van der Waals surface area contributed by atoms with Crippen molar-refractivity contribution < 1.29 is 27.4 Å². The number of hydrogen-bond donors (Lipinski definition) is 1. The first-order valence-corrected chi connectivity index (χ1v) is 8.35. The Morgan fingerprint density at radius 3 is 2.50 bits per heavy atom. The topological polar surface area (TPSA) is 39.7 Å². The maximum absolute atomic E-state index is 12.6. The summed E-state index contributed by atoms with van der Waals surface area (Å²) in [6.45, 7) is 1.97. The molecule has 2 aromatic carbocycles. The van der Waals surface area contributed by atoms with Gasteiger partial charge in [-0.05, 0) is 29.7 Å². The predicted molar refractivity (Wildman–Crippen MR) is 90.0 cm³/mol. The Balaban J connectivity index is 1.70. The van der Waals surface area contributed by atoms with E-state index in [0.29, 0.717) is 31.1 Å². The summed E-state index contributed by atoms with van der Waals surface area (Å²) in [6, 6.07) is 14.0. The molecule has 0 saturated carbocycles. The van der Waals surface area contributed by atoms with Crippen molar-refractivity contribution >= 4 is 0 Å². The van der Waals surface area contributed by atoms with E-state index < -0.39 is 6.36 Å². The molecule has 1 aliphatic rings. The van der Waals surface area contributed by atoms with Gasteiger partial charge in [0, 0.05) is 25.3 Å². The quantitative estimate of drug-likeness (QED) is 0.802. The maximum Gasteiger partial charge on any atom is 0.573 e. The average molecular weight is 367 g/mol. The lowest BCUT2D eigenvalue weighted by atomic mass is 10.1. The van der Waals surface area contributed by atoms with E-state index in [1.807, 2.05) is 30.3 Å². The number of benzene rings is 2. The first kappa shape index (κ1) is 18.5. The van der Waals surface area contributed by atoms with E-state index in [1.165, 1.54) is 12.1 Å². The van der Waals surface area contributed by atoms with E-state index in [-0.39, 0.29) is 18.4 Å². The van der Waals surface area contributed by atoms with Crippen LogP contribution >= 0.6 is 0 Å². The smallest absolute Gasteiger partial charge is 0.489 e. The molecule has 7 heteroatoms. The van der Waals surface area contributed by atoms with Crippen LogP contribution in [0.4, 0.5) is 13.2 Å². The van der Waals surface area contributed by atoms with Crippen molar-refractivity contribution in [2.24, 2.45) is 0 Å². The minimum Gasteiger partial charge on any atom is -0.489 e. The second-order valence-corrected chi connectivity index (χ2v) is 6.08. The van der Waals surface area contributed by atoms with E-state index >= 15 is 0 Å². The monoisotopic (exact) mass is 367 g/mol. The van der Waals surface area contributed by atoms with E-state index in [2.05, 4.69) is 10.1 Å². The van der Waals surface area contributed by atoms with Crippen molar-refractivity contribution in [3.05, 3.63) is 59.7 Å². The highest BCUT2D eigenvalue weighted by molar-refractivity contribution is 5.39. The van der Waals surface area contributed by atoms with E-state index in [0.717, 1.165) is 12.0 Å². The van der Waals surface area contributed by atoms with Crippen LogP contribution in [0.1, 0.15) is 17.5 Å². The van der Waals surface area contributed by atoms with Crippen molar-refractivity contribution in [1.29, 1.82) is 0 Å². The fraction of sp³-hybridized carbons (Fsp3) is 0.368. The highest BCUT2D eigenvalue weighted by Gasteiger charge is 2.31. The van der Waals surface area contributed by atoms with E-state index in [1.54, 1.807) is 6.07 Å². The molecular weight excluding hydrogens is 347 g/mol. The minimum absolute atomic E-state index is 0.205. The van der Waals surface area contributed by atoms with Gasteiger partial charge in [0.1, 0.15) is 18.1 Å². The van der Waals surface area contributed by atoms with Crippen molar-refractivity contribution in [3.63, 3.8) is 0 Å². The zero-order valence-electron chi connectivity index (χ0n) is 14.1. The molecular formula is C19H20F3NO3. The Labute approximate surface area is 149 Å². The van der Waals surface area contributed by atoms with Crippen LogP contribution in [0.15, 0.2) is 48.5 Å². The van der Waals surface area contributed by atoms with Crippen LogP contribution in [-0.2, 0) is 17.9 Å². The molecule has 0 aliphatic carbocycles. The van der Waals surface area contributed by atoms with Crippen molar-refractivity contribution in [2.45, 2.75) is 32.0 Å². The summed E-state index contributed by atoms with van der Waals surface area (Å²) in [4.78, 5) is 0. The molecule has 2 aromatic rings. The van der Waals surface area contributed by atoms with Gasteiger partial charge < -0.3 is 19.5 Å². The third-order valence-corrected chi connectivity index (χ3v) is 3.95. The van der Waals surface area contributed by atoms with Gasteiger partial charge in [-0.1, -0.05) is 30.3 Å². The second-order valence-electron chi connectivity index (χ2n) is 6.08. The van der Waals surface area contributed by atoms with Gasteiger partial charge in [-0.15, -0.1) is 13.2 Å². The molecule has 1 fully saturated rings. The van der Waals surface area contributed by atoms with Crippen LogP contribution in [-0.4, -0.2) is 25.6 Å². The number of ether oxygens (including phenoxy) is 3. The summed E-state index contributed by atoms with van der Waals surface area (Å²) in [7, 11) is 0. The average Bonchev–Trinajstić information content (AvgIpc) is 3.11. The summed E-state index contributed by atoms with van der Waals surface area (Å²) in [5, 5.41) is 3.27. The summed E-state index contributed by atoms with van der Waals surface area (Å²) >= 11 is 0. The van der Waals surface area contributed by atoms with Gasteiger partial charge >= 0.3 is 6.36 Å². The molecule has 0 aromatic heterocycles. The van der Waals surface area contributed by atoms with Gasteiger partial charge in [-0.2, -0.15) is 0 Å². The number of hydrogen-bond acceptors (Lipinski definition) is 4. The number of rotatable bonds is 7. The fourth-order valence-corrected chi connectivity index (χ4v) is 2.71. The first-order valence-electron chi connectivity index (χ1n) is 8.35. The summed E-state index contributed by atoms with van der Waals surface area (Å²) in [5.41, 5.74) is 1.58. The summed E-state index contributed by atoms with van der Waals surface area (Å²) < 4.78 is 52.8. The van der Waals surface area contributed by atoms with Gasteiger partial charge in [0.2, 0.25) is 0 Å². The third kappa shape index (κ3) is 5.93. The van der Waals surface area contributed by atoms with E-state index in [4.69, 9.17) is 9.47 Å². The Morgan fingerprint density at radius 1 is 1.04 bits per heavy atom. The zero-order valence-corrected chi connectivity index (χ0v) is 14.1. The van der Waals surface area contributed by atoms with Crippen molar-refractivity contribution in [1.82, 2.24) is 5.32 Å². The molecule has 0 bridgehead atoms. The fourth-order valence-electron chi connectivity index (χ4n) is 2.71. The molecule has 0 radical (unpaired) electrons. The molecule has 1 saturated heterocycles. The molecule has 26 heavy (non-hydrogen) atoms. The Kier molecular flexibility index (Phi) is 6.00. The number of alkyl halides is 3. The largest absolute Gasteiger partial charge is 0.573 e. The van der Waals surface area contributed by atoms with Crippen molar-refractivity contribution in [2.75, 3.05) is 13.2 Å². The van der Waals surface area contributed by atoms with Gasteiger partial charge in [-0.25, -0.2) is 0 Å². The van der Waals surface area contributed by atoms with Gasteiger partial charge in [-0.3, -0.25) is 0 Å². The van der Waals surface area contributed by atoms with Gasteiger partial charge in [0.05, 0.1) is 6.61 Å². The minimum atomic E-state index is -4.75. The second kappa shape index (κ2) is 8.42. The number of halogens is 3. The molecule has 3 rings (SSSR count). The maximum atomic E-state index is 12.6. The third-order valence-electron chi connectivity index (χ3n) is 3.95. The first-order chi connectivity index (χ1) is 12.5. The highest BCUT2D eigenvalue weighted by Crippen LogP contribution is 2.29. The Morgan fingerprint density at radius 2 is 1.81 bits per heavy atom. The molecule has 0 amide bonds. The highest BCUT2D eigenvalue weighted by atomic mass is 19.4. The lowest BCUT2D eigenvalue weighted by Crippen LogP contribution is -2.28. The number of nitrogens with one attached hydrogen (secondary N) is 1. The summed E-state index contributed by atoms with van der Waals surface area (Å²) in [5.74, 6) is 0.0395. The zero-order chi connectivity index (χ0) is 18.4. The Bertz CT molecular complexity index is 701. The Hall–Kier alpha value is -2.25. The molecule has 1 heterocycles. The predicted octanol–water partition coefficient (Wildman–Crippen LogP) is 4.04. The van der Waals surface area contributed by atoms with Crippen molar-refractivity contribution in [3.8, 4) is 11.5 Å². The van der Waals surface area contributed by atoms with Crippen LogP contribution in [0, 0.1) is 0 Å².